The molecule has 0 spiro atoms. The summed E-state index contributed by atoms with van der Waals surface area (Å²) in [6, 6.07) is 7.67. The summed E-state index contributed by atoms with van der Waals surface area (Å²) in [4.78, 5) is 5.29. The van der Waals surface area contributed by atoms with Crippen molar-refractivity contribution in [2.24, 2.45) is 5.16 Å². The summed E-state index contributed by atoms with van der Waals surface area (Å²) in [5.74, 6) is 0. The molecule has 0 amide bonds. The first-order chi connectivity index (χ1) is 6.21. The highest BCUT2D eigenvalue weighted by molar-refractivity contribution is 6.30. The average Bonchev–Trinajstić information content (AvgIpc) is 2.54. The summed E-state index contributed by atoms with van der Waals surface area (Å²) >= 11 is 5.79. The highest BCUT2D eigenvalue weighted by Crippen LogP contribution is 2.32. The number of oxime groups is 1. The van der Waals surface area contributed by atoms with Gasteiger partial charge in [0.1, 0.15) is 0 Å². The van der Waals surface area contributed by atoms with Crippen LogP contribution < -0.4 is 0 Å². The second-order valence-electron chi connectivity index (χ2n) is 3.32. The molecule has 1 aliphatic heterocycles. The van der Waals surface area contributed by atoms with Crippen molar-refractivity contribution in [1.82, 2.24) is 0 Å². The van der Waals surface area contributed by atoms with E-state index in [1.54, 1.807) is 6.21 Å². The molecule has 0 N–H and O–H groups in total. The van der Waals surface area contributed by atoms with Crippen molar-refractivity contribution in [1.29, 1.82) is 0 Å². The van der Waals surface area contributed by atoms with Crippen LogP contribution in [0.25, 0.3) is 0 Å². The second-order valence-corrected chi connectivity index (χ2v) is 3.76. The van der Waals surface area contributed by atoms with Crippen LogP contribution in [-0.2, 0) is 10.4 Å². The number of benzene rings is 1. The van der Waals surface area contributed by atoms with Gasteiger partial charge in [0, 0.05) is 17.7 Å². The van der Waals surface area contributed by atoms with Gasteiger partial charge >= 0.3 is 0 Å². The molecule has 1 aliphatic rings. The van der Waals surface area contributed by atoms with Crippen molar-refractivity contribution in [3.05, 3.63) is 34.9 Å². The van der Waals surface area contributed by atoms with Gasteiger partial charge in [-0.1, -0.05) is 28.9 Å². The molecule has 0 bridgehead atoms. The zero-order chi connectivity index (χ0) is 9.31. The van der Waals surface area contributed by atoms with Gasteiger partial charge in [0.05, 0.1) is 0 Å². The Morgan fingerprint density at radius 1 is 1.38 bits per heavy atom. The van der Waals surface area contributed by atoms with Gasteiger partial charge in [0.2, 0.25) is 0 Å². The zero-order valence-electron chi connectivity index (χ0n) is 7.33. The molecule has 3 heteroatoms. The fraction of sp³-hybridized carbons (Fsp3) is 0.300. The molecule has 68 valence electrons. The Balaban J connectivity index is 2.30. The van der Waals surface area contributed by atoms with Crippen LogP contribution in [0.1, 0.15) is 18.9 Å². The fourth-order valence-electron chi connectivity index (χ4n) is 1.38. The Bertz CT molecular complexity index is 323. The Hall–Kier alpha value is -1.02. The van der Waals surface area contributed by atoms with Crippen molar-refractivity contribution < 1.29 is 4.84 Å². The van der Waals surface area contributed by atoms with Crippen molar-refractivity contribution >= 4 is 17.8 Å². The fourth-order valence-corrected chi connectivity index (χ4v) is 1.50. The lowest BCUT2D eigenvalue weighted by molar-refractivity contribution is -0.00737. The molecule has 0 fully saturated rings. The number of hydrogen-bond donors (Lipinski definition) is 0. The van der Waals surface area contributed by atoms with Crippen molar-refractivity contribution in [3.8, 4) is 0 Å². The van der Waals surface area contributed by atoms with Gasteiger partial charge < -0.3 is 4.84 Å². The molecule has 0 aromatic heterocycles. The maximum absolute atomic E-state index is 5.79. The molecule has 2 nitrogen and oxygen atoms in total. The smallest absolute Gasteiger partial charge is 0.164 e. The molecule has 0 saturated heterocycles. The van der Waals surface area contributed by atoms with E-state index >= 15 is 0 Å². The SMILES string of the molecule is CC1(c2ccc(Cl)cc2)CC=NO1. The van der Waals surface area contributed by atoms with Gasteiger partial charge in [-0.3, -0.25) is 0 Å². The van der Waals surface area contributed by atoms with E-state index in [9.17, 15) is 0 Å². The summed E-state index contributed by atoms with van der Waals surface area (Å²) in [5, 5.41) is 4.52. The van der Waals surface area contributed by atoms with Crippen LogP contribution in [-0.4, -0.2) is 6.21 Å². The standard InChI is InChI=1S/C10H10ClNO/c1-10(6-7-12-13-10)8-2-4-9(11)5-3-8/h2-5,7H,6H2,1H3. The molecule has 13 heavy (non-hydrogen) atoms. The highest BCUT2D eigenvalue weighted by atomic mass is 35.5. The summed E-state index contributed by atoms with van der Waals surface area (Å²) in [7, 11) is 0. The lowest BCUT2D eigenvalue weighted by Crippen LogP contribution is -2.19. The molecule has 1 atom stereocenters. The van der Waals surface area contributed by atoms with E-state index in [1.165, 1.54) is 0 Å². The van der Waals surface area contributed by atoms with E-state index in [2.05, 4.69) is 5.16 Å². The third-order valence-corrected chi connectivity index (χ3v) is 2.52. The second kappa shape index (κ2) is 3.04. The largest absolute Gasteiger partial charge is 0.385 e. The van der Waals surface area contributed by atoms with Gasteiger partial charge in [0.15, 0.2) is 5.60 Å². The van der Waals surface area contributed by atoms with Crippen molar-refractivity contribution in [2.75, 3.05) is 0 Å². The topological polar surface area (TPSA) is 21.6 Å². The summed E-state index contributed by atoms with van der Waals surface area (Å²) < 4.78 is 0. The summed E-state index contributed by atoms with van der Waals surface area (Å²) in [6.45, 7) is 2.02. The predicted molar refractivity (Wildman–Crippen MR) is 53.0 cm³/mol. The normalized spacial score (nSPS) is 26.0. The molecule has 0 aliphatic carbocycles. The number of hydrogen-bond acceptors (Lipinski definition) is 2. The third kappa shape index (κ3) is 1.54. The summed E-state index contributed by atoms with van der Waals surface area (Å²) in [5.41, 5.74) is 0.805. The van der Waals surface area contributed by atoms with E-state index in [-0.39, 0.29) is 5.60 Å². The molecule has 1 aromatic carbocycles. The maximum Gasteiger partial charge on any atom is 0.164 e. The predicted octanol–water partition coefficient (Wildman–Crippen LogP) is 2.96. The first kappa shape index (κ1) is 8.57. The molecule has 0 saturated carbocycles. The van der Waals surface area contributed by atoms with Crippen LogP contribution in [0.4, 0.5) is 0 Å². The Kier molecular flexibility index (Phi) is 2.00. The Morgan fingerprint density at radius 2 is 2.08 bits per heavy atom. The minimum Gasteiger partial charge on any atom is -0.385 e. The average molecular weight is 196 g/mol. The first-order valence-electron chi connectivity index (χ1n) is 4.17. The van der Waals surface area contributed by atoms with Gasteiger partial charge in [-0.15, -0.1) is 0 Å². The minimum absolute atomic E-state index is 0.301. The zero-order valence-corrected chi connectivity index (χ0v) is 8.08. The van der Waals surface area contributed by atoms with E-state index < -0.39 is 0 Å². The molecule has 1 heterocycles. The van der Waals surface area contributed by atoms with Gasteiger partial charge in [-0.2, -0.15) is 0 Å². The first-order valence-corrected chi connectivity index (χ1v) is 4.55. The minimum atomic E-state index is -0.301. The van der Waals surface area contributed by atoms with Crippen LogP contribution in [0.5, 0.6) is 0 Å². The number of nitrogens with zero attached hydrogens (tertiary/aromatic N) is 1. The maximum atomic E-state index is 5.79. The third-order valence-electron chi connectivity index (χ3n) is 2.26. The highest BCUT2D eigenvalue weighted by Gasteiger charge is 2.31. The number of rotatable bonds is 1. The molecule has 1 aromatic rings. The lowest BCUT2D eigenvalue weighted by atomic mass is 9.94. The lowest BCUT2D eigenvalue weighted by Gasteiger charge is -2.21. The van der Waals surface area contributed by atoms with Gasteiger partial charge in [-0.25, -0.2) is 0 Å². The van der Waals surface area contributed by atoms with Crippen LogP contribution in [0.2, 0.25) is 5.02 Å². The van der Waals surface area contributed by atoms with Gasteiger partial charge in [0.25, 0.3) is 0 Å². The van der Waals surface area contributed by atoms with E-state index in [1.807, 2.05) is 31.2 Å². The van der Waals surface area contributed by atoms with Crippen LogP contribution in [0, 0.1) is 0 Å². The van der Waals surface area contributed by atoms with Crippen LogP contribution in [0.15, 0.2) is 29.4 Å². The van der Waals surface area contributed by atoms with Crippen LogP contribution in [0.3, 0.4) is 0 Å². The Morgan fingerprint density at radius 3 is 2.62 bits per heavy atom. The molecule has 2 rings (SSSR count). The van der Waals surface area contributed by atoms with E-state index in [0.717, 1.165) is 17.0 Å². The molecular formula is C10H10ClNO. The van der Waals surface area contributed by atoms with Gasteiger partial charge in [-0.05, 0) is 24.6 Å². The molecular weight excluding hydrogens is 186 g/mol. The van der Waals surface area contributed by atoms with E-state index in [0.29, 0.717) is 0 Å². The quantitative estimate of drug-likeness (QED) is 0.675. The monoisotopic (exact) mass is 195 g/mol. The molecule has 0 radical (unpaired) electrons. The van der Waals surface area contributed by atoms with E-state index in [4.69, 9.17) is 16.4 Å². The van der Waals surface area contributed by atoms with Crippen molar-refractivity contribution in [2.45, 2.75) is 18.9 Å². The number of halogens is 1. The van der Waals surface area contributed by atoms with Crippen molar-refractivity contribution in [3.63, 3.8) is 0 Å². The molecule has 1 unspecified atom stereocenters. The van der Waals surface area contributed by atoms with Crippen LogP contribution >= 0.6 is 11.6 Å². The summed E-state index contributed by atoms with van der Waals surface area (Å²) in [6.07, 6.45) is 2.60. The Labute approximate surface area is 82.2 Å².